The molecule has 0 spiro atoms. The molecule has 5 rings (SSSR count). The molecule has 0 fully saturated rings. The third-order valence-corrected chi connectivity index (χ3v) is 8.18. The van der Waals surface area contributed by atoms with Crippen LogP contribution in [0.5, 0.6) is 23.4 Å². The molecule has 1 atom stereocenters. The highest BCUT2D eigenvalue weighted by Gasteiger charge is 2.24. The first kappa shape index (κ1) is 38.6. The number of amides is 1. The fourth-order valence-electron chi connectivity index (χ4n) is 5.27. The van der Waals surface area contributed by atoms with E-state index in [1.807, 2.05) is 69.3 Å². The fourth-order valence-corrected chi connectivity index (χ4v) is 5.27. The van der Waals surface area contributed by atoms with E-state index in [0.29, 0.717) is 54.8 Å². The van der Waals surface area contributed by atoms with Gasteiger partial charge in [-0.3, -0.25) is 0 Å². The number of fused-ring (bicyclic) bond motifs is 1. The number of ether oxygens (including phenoxy) is 5. The quantitative estimate of drug-likeness (QED) is 0.108. The Morgan fingerprint density at radius 2 is 1.51 bits per heavy atom. The third-order valence-electron chi connectivity index (χ3n) is 8.18. The Bertz CT molecular complexity index is 1860. The summed E-state index contributed by atoms with van der Waals surface area (Å²) in [5.74, 6) is 2.41. The minimum Gasteiger partial charge on any atom is -0.497 e. The molecule has 3 heterocycles. The van der Waals surface area contributed by atoms with Crippen LogP contribution in [0, 0.1) is 0 Å². The zero-order valence-corrected chi connectivity index (χ0v) is 31.5. The van der Waals surface area contributed by atoms with Crippen LogP contribution in [0.25, 0.3) is 5.65 Å². The summed E-state index contributed by atoms with van der Waals surface area (Å²) in [6.45, 7) is 9.46. The zero-order valence-electron chi connectivity index (χ0n) is 31.5. The van der Waals surface area contributed by atoms with Crippen molar-refractivity contribution in [2.75, 3.05) is 45.9 Å². The zero-order chi connectivity index (χ0) is 38.0. The minimum atomic E-state index is -1.13. The van der Waals surface area contributed by atoms with E-state index in [1.165, 1.54) is 11.1 Å². The highest BCUT2D eigenvalue weighted by atomic mass is 16.6. The highest BCUT2D eigenvalue weighted by Crippen LogP contribution is 2.30. The summed E-state index contributed by atoms with van der Waals surface area (Å²) in [7, 11) is 4.93. The number of aliphatic hydroxyl groups is 1. The largest absolute Gasteiger partial charge is 0.497 e. The minimum absolute atomic E-state index is 0.167. The number of imidazole rings is 1. The number of nitrogens with zero attached hydrogens (tertiary/aromatic N) is 7. The average molecular weight is 728 g/mol. The van der Waals surface area contributed by atoms with E-state index in [9.17, 15) is 9.90 Å². The summed E-state index contributed by atoms with van der Waals surface area (Å²) in [5, 5.41) is 16.3. The van der Waals surface area contributed by atoms with Gasteiger partial charge in [0.15, 0.2) is 11.5 Å². The lowest BCUT2D eigenvalue weighted by Gasteiger charge is -2.25. The molecule has 1 N–H and O–H groups in total. The Hall–Kier alpha value is -5.63. The number of methoxy groups -OCH3 is 2. The van der Waals surface area contributed by atoms with E-state index in [1.54, 1.807) is 44.1 Å². The van der Waals surface area contributed by atoms with Gasteiger partial charge in [0.25, 0.3) is 0 Å². The molecule has 0 saturated carbocycles. The molecule has 0 aliphatic carbocycles. The molecule has 0 radical (unpaired) electrons. The van der Waals surface area contributed by atoms with Gasteiger partial charge in [-0.2, -0.15) is 4.98 Å². The van der Waals surface area contributed by atoms with Gasteiger partial charge in [-0.25, -0.2) is 19.3 Å². The summed E-state index contributed by atoms with van der Waals surface area (Å²) in [5.41, 5.74) is 2.84. The van der Waals surface area contributed by atoms with Gasteiger partial charge in [0.05, 0.1) is 39.3 Å². The first-order valence-corrected chi connectivity index (χ1v) is 17.6. The van der Waals surface area contributed by atoms with Crippen molar-refractivity contribution < 1.29 is 33.6 Å². The van der Waals surface area contributed by atoms with Gasteiger partial charge in [0.2, 0.25) is 5.88 Å². The van der Waals surface area contributed by atoms with Crippen molar-refractivity contribution in [1.82, 2.24) is 29.5 Å². The number of aromatic nitrogens is 5. The number of pyridine rings is 1. The van der Waals surface area contributed by atoms with E-state index in [0.717, 1.165) is 35.5 Å². The molecule has 5 aromatic rings. The van der Waals surface area contributed by atoms with Gasteiger partial charge in [0, 0.05) is 38.0 Å². The number of rotatable bonds is 17. The van der Waals surface area contributed by atoms with Gasteiger partial charge in [-0.15, -0.1) is 5.10 Å². The SMILES string of the molecule is CCCCOc1nc(N(Cc2ccc(OC)cc2)Cc2ccc(OC)cc2)c2ncc(C(O)c3ccc(OCCN(C)C(=O)OC(C)(C)C)nc3)n2n1. The lowest BCUT2D eigenvalue weighted by atomic mass is 10.1. The highest BCUT2D eigenvalue weighted by molar-refractivity contribution is 5.67. The molecule has 3 aromatic heterocycles. The number of aliphatic hydroxyl groups excluding tert-OH is 1. The van der Waals surface area contributed by atoms with Crippen LogP contribution < -0.4 is 23.8 Å². The Balaban J connectivity index is 1.42. The lowest BCUT2D eigenvalue weighted by molar-refractivity contribution is 0.0277. The first-order valence-electron chi connectivity index (χ1n) is 17.6. The van der Waals surface area contributed by atoms with Crippen LogP contribution in [0.15, 0.2) is 73.1 Å². The van der Waals surface area contributed by atoms with Crippen LogP contribution in [0.2, 0.25) is 0 Å². The molecule has 1 unspecified atom stereocenters. The van der Waals surface area contributed by atoms with Gasteiger partial charge < -0.3 is 38.6 Å². The van der Waals surface area contributed by atoms with Crippen LogP contribution in [-0.2, 0) is 17.8 Å². The molecule has 0 saturated heterocycles. The van der Waals surface area contributed by atoms with Crippen LogP contribution in [0.4, 0.5) is 10.6 Å². The van der Waals surface area contributed by atoms with Gasteiger partial charge in [-0.05, 0) is 68.7 Å². The van der Waals surface area contributed by atoms with Crippen molar-refractivity contribution in [3.05, 3.63) is 95.4 Å². The van der Waals surface area contributed by atoms with Crippen LogP contribution >= 0.6 is 0 Å². The van der Waals surface area contributed by atoms with Crippen molar-refractivity contribution >= 4 is 17.6 Å². The number of carbonyl (C=O) groups is 1. The van der Waals surface area contributed by atoms with Crippen molar-refractivity contribution in [2.24, 2.45) is 0 Å². The maximum Gasteiger partial charge on any atom is 0.410 e. The molecule has 0 aliphatic heterocycles. The molecule has 14 nitrogen and oxygen atoms in total. The van der Waals surface area contributed by atoms with E-state index in [2.05, 4.69) is 21.9 Å². The number of carbonyl (C=O) groups excluding carboxylic acids is 1. The topological polar surface area (TPSA) is 146 Å². The Labute approximate surface area is 310 Å². The molecule has 2 aromatic carbocycles. The van der Waals surface area contributed by atoms with Crippen molar-refractivity contribution in [3.8, 4) is 23.4 Å². The predicted octanol–water partition coefficient (Wildman–Crippen LogP) is 6.25. The van der Waals surface area contributed by atoms with Crippen LogP contribution in [0.1, 0.15) is 69.0 Å². The first-order chi connectivity index (χ1) is 25.5. The Morgan fingerprint density at radius 3 is 2.06 bits per heavy atom. The monoisotopic (exact) mass is 727 g/mol. The summed E-state index contributed by atoms with van der Waals surface area (Å²) in [6.07, 6.45) is 3.33. The number of unbranched alkanes of at least 4 members (excludes halogenated alkanes) is 1. The standard InChI is InChI=1S/C39H49N7O7/c1-8-9-21-52-37-42-36(45(25-27-10-15-30(49-6)16-11-27)26-28-12-17-31(50-7)18-13-28)35-41-24-32(46(35)43-37)34(47)29-14-19-33(40-23-29)51-22-20-44(5)38(48)53-39(2,3)4/h10-19,23-24,34,47H,8-9,20-22,25-26H2,1-7H3. The molecule has 0 bridgehead atoms. The normalized spacial score (nSPS) is 11.9. The Morgan fingerprint density at radius 1 is 0.868 bits per heavy atom. The number of hydrogen-bond acceptors (Lipinski definition) is 12. The summed E-state index contributed by atoms with van der Waals surface area (Å²) in [4.78, 5) is 29.8. The second-order valence-corrected chi connectivity index (χ2v) is 13.5. The average Bonchev–Trinajstić information content (AvgIpc) is 3.58. The smallest absolute Gasteiger partial charge is 0.410 e. The molecule has 0 aliphatic rings. The van der Waals surface area contributed by atoms with E-state index in [-0.39, 0.29) is 12.6 Å². The van der Waals surface area contributed by atoms with Crippen molar-refractivity contribution in [3.63, 3.8) is 0 Å². The number of anilines is 1. The second-order valence-electron chi connectivity index (χ2n) is 13.5. The van der Waals surface area contributed by atoms with Crippen molar-refractivity contribution in [1.29, 1.82) is 0 Å². The fraction of sp³-hybridized carbons (Fsp3) is 0.410. The third kappa shape index (κ3) is 10.5. The van der Waals surface area contributed by atoms with Crippen molar-refractivity contribution in [2.45, 2.75) is 65.3 Å². The molecule has 282 valence electrons. The molecule has 14 heteroatoms. The molecular formula is C39H49N7O7. The van der Waals surface area contributed by atoms with Crippen LogP contribution in [0.3, 0.4) is 0 Å². The number of hydrogen-bond donors (Lipinski definition) is 1. The predicted molar refractivity (Wildman–Crippen MR) is 200 cm³/mol. The molecule has 53 heavy (non-hydrogen) atoms. The summed E-state index contributed by atoms with van der Waals surface area (Å²) < 4.78 is 29.5. The summed E-state index contributed by atoms with van der Waals surface area (Å²) in [6, 6.07) is 19.3. The lowest BCUT2D eigenvalue weighted by Crippen LogP contribution is -2.36. The number of likely N-dealkylation sites (N-methyl/N-ethyl adjacent to an activating group) is 1. The summed E-state index contributed by atoms with van der Waals surface area (Å²) >= 11 is 0. The second kappa shape index (κ2) is 17.7. The maximum atomic E-state index is 12.2. The van der Waals surface area contributed by atoms with E-state index >= 15 is 0 Å². The van der Waals surface area contributed by atoms with Gasteiger partial charge in [-0.1, -0.05) is 37.6 Å². The van der Waals surface area contributed by atoms with E-state index in [4.69, 9.17) is 33.7 Å². The van der Waals surface area contributed by atoms with Gasteiger partial charge >= 0.3 is 12.1 Å². The Kier molecular flexibility index (Phi) is 12.9. The van der Waals surface area contributed by atoms with Gasteiger partial charge in [0.1, 0.15) is 29.8 Å². The molecular weight excluding hydrogens is 678 g/mol. The van der Waals surface area contributed by atoms with E-state index < -0.39 is 17.8 Å². The molecule has 1 amide bonds. The maximum absolute atomic E-state index is 12.2. The van der Waals surface area contributed by atoms with Crippen LogP contribution in [-0.4, -0.2) is 87.3 Å². The number of benzene rings is 2.